The lowest BCUT2D eigenvalue weighted by Gasteiger charge is -2.17. The molecule has 0 aliphatic heterocycles. The van der Waals surface area contributed by atoms with Gasteiger partial charge in [0, 0.05) is 18.2 Å². The number of pyridine rings is 1. The first-order valence-electron chi connectivity index (χ1n) is 8.51. The number of carbonyl (C=O) groups excluding carboxylic acids is 2. The maximum atomic E-state index is 12.1. The molecule has 1 amide bonds. The summed E-state index contributed by atoms with van der Waals surface area (Å²) < 4.78 is 5.50. The monoisotopic (exact) mass is 340 g/mol. The van der Waals surface area contributed by atoms with Gasteiger partial charge in [0.1, 0.15) is 5.75 Å². The minimum atomic E-state index is -0.205. The molecule has 2 rings (SSSR count). The Hall–Kier alpha value is -2.69. The lowest BCUT2D eigenvalue weighted by atomic mass is 10.1. The molecule has 1 atom stereocenters. The smallest absolute Gasteiger partial charge is 0.258 e. The van der Waals surface area contributed by atoms with Crippen LogP contribution in [0.15, 0.2) is 42.6 Å². The van der Waals surface area contributed by atoms with Crippen LogP contribution in [0.1, 0.15) is 54.3 Å². The number of aryl methyl sites for hydroxylation is 1. The van der Waals surface area contributed by atoms with E-state index in [0.717, 1.165) is 17.7 Å². The molecule has 0 unspecified atom stereocenters. The van der Waals surface area contributed by atoms with Crippen LogP contribution in [0.2, 0.25) is 0 Å². The summed E-state index contributed by atoms with van der Waals surface area (Å²) in [7, 11) is 0. The first kappa shape index (κ1) is 18.6. The van der Waals surface area contributed by atoms with Gasteiger partial charge in [0.15, 0.2) is 12.4 Å². The zero-order valence-corrected chi connectivity index (χ0v) is 14.9. The van der Waals surface area contributed by atoms with Crippen LogP contribution >= 0.6 is 0 Å². The van der Waals surface area contributed by atoms with Crippen LogP contribution in [0.3, 0.4) is 0 Å². The Kier molecular flexibility index (Phi) is 6.69. The molecule has 0 fully saturated rings. The summed E-state index contributed by atoms with van der Waals surface area (Å²) in [4.78, 5) is 28.1. The molecule has 0 aliphatic rings. The molecule has 0 saturated carbocycles. The van der Waals surface area contributed by atoms with Crippen LogP contribution in [0.25, 0.3) is 0 Å². The number of hydrogen-bond donors (Lipinski definition) is 1. The normalized spacial score (nSPS) is 11.6. The van der Waals surface area contributed by atoms with Crippen LogP contribution < -0.4 is 10.1 Å². The second-order valence-electron chi connectivity index (χ2n) is 5.88. The molecule has 1 N–H and O–H groups in total. The predicted octanol–water partition coefficient (Wildman–Crippen LogP) is 3.63. The second kappa shape index (κ2) is 8.97. The number of rotatable bonds is 8. The lowest BCUT2D eigenvalue weighted by Crippen LogP contribution is -2.32. The fraction of sp³-hybridized carbons (Fsp3) is 0.350. The van der Waals surface area contributed by atoms with Gasteiger partial charge in [-0.25, -0.2) is 0 Å². The molecule has 1 aromatic heterocycles. The Labute approximate surface area is 148 Å². The van der Waals surface area contributed by atoms with Gasteiger partial charge in [-0.3, -0.25) is 14.6 Å². The van der Waals surface area contributed by atoms with Gasteiger partial charge >= 0.3 is 0 Å². The first-order chi connectivity index (χ1) is 12.0. The van der Waals surface area contributed by atoms with Gasteiger partial charge in [-0.15, -0.1) is 0 Å². The minimum Gasteiger partial charge on any atom is -0.484 e. The standard InChI is InChI=1S/C20H24N2O3/c1-4-17(18-12-14(3)10-11-21-18)22-20(24)13-25-16-8-6-15(7-9-16)19(23)5-2/h6-12,17H,4-5,13H2,1-3H3,(H,22,24)/t17-/m0/s1. The highest BCUT2D eigenvalue weighted by molar-refractivity contribution is 5.95. The van der Waals surface area contributed by atoms with Crippen molar-refractivity contribution in [3.8, 4) is 5.75 Å². The highest BCUT2D eigenvalue weighted by Crippen LogP contribution is 2.16. The molecule has 25 heavy (non-hydrogen) atoms. The van der Waals surface area contributed by atoms with Crippen LogP contribution in [0, 0.1) is 6.92 Å². The fourth-order valence-electron chi connectivity index (χ4n) is 2.46. The van der Waals surface area contributed by atoms with E-state index in [1.807, 2.05) is 32.9 Å². The molecule has 1 heterocycles. The first-order valence-corrected chi connectivity index (χ1v) is 8.51. The average Bonchev–Trinajstić information content (AvgIpc) is 2.64. The molecule has 0 radical (unpaired) electrons. The zero-order chi connectivity index (χ0) is 18.2. The molecule has 0 spiro atoms. The Balaban J connectivity index is 1.90. The van der Waals surface area contributed by atoms with Crippen molar-refractivity contribution in [3.05, 3.63) is 59.4 Å². The van der Waals surface area contributed by atoms with Crippen molar-refractivity contribution in [2.24, 2.45) is 0 Å². The number of carbonyl (C=O) groups is 2. The van der Waals surface area contributed by atoms with E-state index in [4.69, 9.17) is 4.74 Å². The summed E-state index contributed by atoms with van der Waals surface area (Å²) in [6.45, 7) is 5.74. The number of aromatic nitrogens is 1. The average molecular weight is 340 g/mol. The second-order valence-corrected chi connectivity index (χ2v) is 5.88. The van der Waals surface area contributed by atoms with Gasteiger partial charge in [0.05, 0.1) is 11.7 Å². The van der Waals surface area contributed by atoms with E-state index in [0.29, 0.717) is 17.7 Å². The minimum absolute atomic E-state index is 0.0800. The summed E-state index contributed by atoms with van der Waals surface area (Å²) in [6, 6.07) is 10.6. The number of nitrogens with zero attached hydrogens (tertiary/aromatic N) is 1. The Morgan fingerprint density at radius 1 is 1.16 bits per heavy atom. The van der Waals surface area contributed by atoms with Crippen LogP contribution in [0.4, 0.5) is 0 Å². The molecule has 5 nitrogen and oxygen atoms in total. The van der Waals surface area contributed by atoms with E-state index in [-0.39, 0.29) is 24.3 Å². The van der Waals surface area contributed by atoms with Crippen LogP contribution in [-0.4, -0.2) is 23.3 Å². The molecule has 1 aromatic carbocycles. The SMILES string of the molecule is CCC(=O)c1ccc(OCC(=O)N[C@@H](CC)c2cc(C)ccn2)cc1. The molecule has 0 bridgehead atoms. The van der Waals surface area contributed by atoms with E-state index < -0.39 is 0 Å². The largest absolute Gasteiger partial charge is 0.484 e. The molecule has 2 aromatic rings. The third-order valence-electron chi connectivity index (χ3n) is 3.90. The van der Waals surface area contributed by atoms with Gasteiger partial charge in [-0.1, -0.05) is 13.8 Å². The van der Waals surface area contributed by atoms with Gasteiger partial charge in [-0.05, 0) is 55.3 Å². The quantitative estimate of drug-likeness (QED) is 0.745. The summed E-state index contributed by atoms with van der Waals surface area (Å²) in [6.07, 6.45) is 2.96. The maximum absolute atomic E-state index is 12.1. The van der Waals surface area contributed by atoms with Gasteiger partial charge in [0.25, 0.3) is 5.91 Å². The molecule has 5 heteroatoms. The van der Waals surface area contributed by atoms with E-state index in [1.165, 1.54) is 0 Å². The Bertz CT molecular complexity index is 726. The molecular weight excluding hydrogens is 316 g/mol. The highest BCUT2D eigenvalue weighted by atomic mass is 16.5. The lowest BCUT2D eigenvalue weighted by molar-refractivity contribution is -0.123. The number of ketones is 1. The van der Waals surface area contributed by atoms with Crippen LogP contribution in [0.5, 0.6) is 5.75 Å². The third-order valence-corrected chi connectivity index (χ3v) is 3.90. The summed E-state index contributed by atoms with van der Waals surface area (Å²) >= 11 is 0. The number of hydrogen-bond acceptors (Lipinski definition) is 4. The number of nitrogens with one attached hydrogen (secondary N) is 1. The summed E-state index contributed by atoms with van der Waals surface area (Å²) in [5, 5.41) is 2.94. The van der Waals surface area contributed by atoms with Crippen molar-refractivity contribution in [1.29, 1.82) is 0 Å². The number of ether oxygens (including phenoxy) is 1. The van der Waals surface area contributed by atoms with Gasteiger partial charge in [0.2, 0.25) is 0 Å². The molecular formula is C20H24N2O3. The molecule has 132 valence electrons. The van der Waals surface area contributed by atoms with Crippen molar-refractivity contribution in [1.82, 2.24) is 10.3 Å². The summed E-state index contributed by atoms with van der Waals surface area (Å²) in [5.41, 5.74) is 2.60. The van der Waals surface area contributed by atoms with Gasteiger partial charge in [-0.2, -0.15) is 0 Å². The summed E-state index contributed by atoms with van der Waals surface area (Å²) in [5.74, 6) is 0.439. The highest BCUT2D eigenvalue weighted by Gasteiger charge is 2.14. The van der Waals surface area contributed by atoms with Crippen molar-refractivity contribution in [3.63, 3.8) is 0 Å². The number of Topliss-reactive ketones (excluding diaryl/α,β-unsaturated/α-hetero) is 1. The fourth-order valence-corrected chi connectivity index (χ4v) is 2.46. The Morgan fingerprint density at radius 3 is 2.48 bits per heavy atom. The van der Waals surface area contributed by atoms with Gasteiger partial charge < -0.3 is 10.1 Å². The Morgan fingerprint density at radius 2 is 1.88 bits per heavy atom. The van der Waals surface area contributed by atoms with E-state index in [9.17, 15) is 9.59 Å². The molecule has 0 aliphatic carbocycles. The van der Waals surface area contributed by atoms with E-state index in [2.05, 4.69) is 10.3 Å². The molecule has 0 saturated heterocycles. The topological polar surface area (TPSA) is 68.3 Å². The number of amides is 1. The van der Waals surface area contributed by atoms with Crippen molar-refractivity contribution < 1.29 is 14.3 Å². The zero-order valence-electron chi connectivity index (χ0n) is 14.9. The maximum Gasteiger partial charge on any atom is 0.258 e. The number of benzene rings is 1. The van der Waals surface area contributed by atoms with Crippen molar-refractivity contribution in [2.45, 2.75) is 39.7 Å². The third kappa shape index (κ3) is 5.41. The van der Waals surface area contributed by atoms with Crippen LogP contribution in [-0.2, 0) is 4.79 Å². The van der Waals surface area contributed by atoms with Crippen molar-refractivity contribution >= 4 is 11.7 Å². The van der Waals surface area contributed by atoms with E-state index in [1.54, 1.807) is 30.5 Å². The van der Waals surface area contributed by atoms with E-state index >= 15 is 0 Å². The predicted molar refractivity (Wildman–Crippen MR) is 96.7 cm³/mol. The van der Waals surface area contributed by atoms with Crippen molar-refractivity contribution in [2.75, 3.05) is 6.61 Å².